The molecule has 0 radical (unpaired) electrons. The van der Waals surface area contributed by atoms with Crippen LogP contribution in [-0.4, -0.2) is 35.0 Å². The fourth-order valence-corrected chi connectivity index (χ4v) is 7.06. The molecule has 0 aromatic heterocycles. The van der Waals surface area contributed by atoms with Crippen molar-refractivity contribution in [2.45, 2.75) is 35.5 Å². The Morgan fingerprint density at radius 3 is 0.786 bits per heavy atom. The zero-order valence-electron chi connectivity index (χ0n) is 14.4. The SMILES string of the molecule is N#CC(C#N)P(=O)(CCCCP(=O)(C(C#N)C#N)C(C#N)C#N)C(C#N)C#N. The predicted octanol–water partition coefficient (Wildman–Crippen LogP) is 2.16. The van der Waals surface area contributed by atoms with Gasteiger partial charge < -0.3 is 9.13 Å². The highest BCUT2D eigenvalue weighted by atomic mass is 31.2. The van der Waals surface area contributed by atoms with Crippen LogP contribution in [0.3, 0.4) is 0 Å². The molecule has 0 heterocycles. The van der Waals surface area contributed by atoms with Crippen LogP contribution in [0.4, 0.5) is 0 Å². The van der Waals surface area contributed by atoms with Crippen LogP contribution in [0.15, 0.2) is 0 Å². The summed E-state index contributed by atoms with van der Waals surface area (Å²) in [6.07, 6.45) is -0.793. The van der Waals surface area contributed by atoms with E-state index in [9.17, 15) is 9.13 Å². The third-order valence-corrected chi connectivity index (χ3v) is 10.4. The molecular formula is C16H12N8O2P2. The molecular weight excluding hydrogens is 398 g/mol. The average Bonchev–Trinajstić information content (AvgIpc) is 2.69. The summed E-state index contributed by atoms with van der Waals surface area (Å²) < 4.78 is 26.0. The minimum atomic E-state index is -3.89. The summed E-state index contributed by atoms with van der Waals surface area (Å²) in [5.41, 5.74) is -6.66. The Balaban J connectivity index is 5.59. The third kappa shape index (κ3) is 4.97. The van der Waals surface area contributed by atoms with Crippen molar-refractivity contribution in [2.75, 3.05) is 12.3 Å². The van der Waals surface area contributed by atoms with Crippen LogP contribution in [0, 0.1) is 90.6 Å². The molecule has 0 aliphatic heterocycles. The number of hydrogen-bond acceptors (Lipinski definition) is 10. The van der Waals surface area contributed by atoms with E-state index in [1.165, 1.54) is 48.6 Å². The van der Waals surface area contributed by atoms with E-state index in [1.807, 2.05) is 0 Å². The van der Waals surface area contributed by atoms with E-state index in [0.717, 1.165) is 0 Å². The lowest BCUT2D eigenvalue weighted by atomic mass is 10.4. The van der Waals surface area contributed by atoms with E-state index in [1.54, 1.807) is 0 Å². The van der Waals surface area contributed by atoms with E-state index >= 15 is 0 Å². The first kappa shape index (κ1) is 24.4. The number of hydrogen-bond donors (Lipinski definition) is 0. The van der Waals surface area contributed by atoms with Gasteiger partial charge in [-0.1, -0.05) is 0 Å². The monoisotopic (exact) mass is 410 g/mol. The molecule has 0 unspecified atom stereocenters. The highest BCUT2D eigenvalue weighted by Gasteiger charge is 2.43. The molecule has 0 N–H and O–H groups in total. The van der Waals surface area contributed by atoms with Crippen molar-refractivity contribution in [1.29, 1.82) is 42.1 Å². The molecule has 0 rings (SSSR count). The number of nitrogens with zero attached hydrogens (tertiary/aromatic N) is 8. The van der Waals surface area contributed by atoms with Crippen LogP contribution in [0.1, 0.15) is 12.8 Å². The van der Waals surface area contributed by atoms with E-state index in [4.69, 9.17) is 42.1 Å². The molecule has 0 aromatic rings. The Morgan fingerprint density at radius 2 is 0.643 bits per heavy atom. The van der Waals surface area contributed by atoms with Crippen molar-refractivity contribution in [3.8, 4) is 48.6 Å². The Hall–Kier alpha value is -3.62. The largest absolute Gasteiger partial charge is 0.319 e. The van der Waals surface area contributed by atoms with Crippen LogP contribution in [-0.2, 0) is 9.13 Å². The molecule has 28 heavy (non-hydrogen) atoms. The molecule has 0 atom stereocenters. The van der Waals surface area contributed by atoms with Gasteiger partial charge in [0.2, 0.25) is 0 Å². The lowest BCUT2D eigenvalue weighted by Crippen LogP contribution is -2.19. The fraction of sp³-hybridized carbons (Fsp3) is 0.500. The van der Waals surface area contributed by atoms with Crippen molar-refractivity contribution in [1.82, 2.24) is 0 Å². The van der Waals surface area contributed by atoms with Gasteiger partial charge >= 0.3 is 0 Å². The van der Waals surface area contributed by atoms with Crippen molar-refractivity contribution in [2.24, 2.45) is 0 Å². The first-order valence-corrected chi connectivity index (χ1v) is 11.7. The Kier molecular flexibility index (Phi) is 9.72. The van der Waals surface area contributed by atoms with E-state index in [0.29, 0.717) is 0 Å². The molecule has 12 heteroatoms. The summed E-state index contributed by atoms with van der Waals surface area (Å²) >= 11 is 0. The second-order valence-electron chi connectivity index (χ2n) is 5.51. The predicted molar refractivity (Wildman–Crippen MR) is 94.2 cm³/mol. The first-order chi connectivity index (χ1) is 13.3. The maximum atomic E-state index is 13.0. The van der Waals surface area contributed by atoms with Crippen molar-refractivity contribution < 1.29 is 9.13 Å². The molecule has 0 amide bonds. The van der Waals surface area contributed by atoms with Crippen LogP contribution in [0.2, 0.25) is 0 Å². The van der Waals surface area contributed by atoms with Gasteiger partial charge in [-0.2, -0.15) is 42.1 Å². The minimum absolute atomic E-state index is 0.0475. The first-order valence-electron chi connectivity index (χ1n) is 7.63. The molecule has 0 aliphatic carbocycles. The molecule has 0 saturated heterocycles. The molecule has 0 bridgehead atoms. The van der Waals surface area contributed by atoms with Crippen LogP contribution < -0.4 is 0 Å². The van der Waals surface area contributed by atoms with Gasteiger partial charge in [0.25, 0.3) is 0 Å². The standard InChI is InChI=1S/C16H12N8O2P2/c17-5-13(6-18)27(25,14(7-19)8-20)3-1-2-4-28(26,15(9-21)10-22)16(11-23)12-24/h13-16H,1-4H2. The van der Waals surface area contributed by atoms with Gasteiger partial charge in [-0.25, -0.2) is 0 Å². The molecule has 0 aliphatic rings. The maximum Gasteiger partial charge on any atom is 0.187 e. The summed E-state index contributed by atoms with van der Waals surface area (Å²) in [5.74, 6) is 0. The van der Waals surface area contributed by atoms with Crippen molar-refractivity contribution >= 4 is 14.3 Å². The van der Waals surface area contributed by atoms with Gasteiger partial charge in [0.15, 0.2) is 22.6 Å². The molecule has 0 aromatic carbocycles. The molecule has 0 spiro atoms. The van der Waals surface area contributed by atoms with Gasteiger partial charge in [-0.15, -0.1) is 0 Å². The number of unbranched alkanes of at least 4 members (excludes halogenated alkanes) is 1. The Labute approximate surface area is 162 Å². The number of rotatable bonds is 9. The summed E-state index contributed by atoms with van der Waals surface area (Å²) in [6.45, 7) is 0. The maximum absolute atomic E-state index is 13.0. The Bertz CT molecular complexity index is 816. The van der Waals surface area contributed by atoms with E-state index < -0.39 is 36.9 Å². The van der Waals surface area contributed by atoms with Gasteiger partial charge in [-0.05, 0) is 12.8 Å². The average molecular weight is 410 g/mol. The van der Waals surface area contributed by atoms with Crippen LogP contribution in [0.25, 0.3) is 0 Å². The van der Waals surface area contributed by atoms with E-state index in [-0.39, 0.29) is 25.2 Å². The number of nitriles is 8. The zero-order valence-corrected chi connectivity index (χ0v) is 16.2. The second kappa shape index (κ2) is 11.2. The quantitative estimate of drug-likeness (QED) is 0.397. The van der Waals surface area contributed by atoms with Crippen molar-refractivity contribution in [3.63, 3.8) is 0 Å². The zero-order chi connectivity index (χ0) is 21.8. The summed E-state index contributed by atoms with van der Waals surface area (Å²) in [6, 6.07) is 12.1. The normalized spacial score (nSPS) is 10.6. The molecule has 10 nitrogen and oxygen atoms in total. The second-order valence-corrected chi connectivity index (χ2v) is 11.9. The lowest BCUT2D eigenvalue weighted by Gasteiger charge is -2.21. The summed E-state index contributed by atoms with van der Waals surface area (Å²) in [7, 11) is -7.78. The van der Waals surface area contributed by atoms with Gasteiger partial charge in [-0.3, -0.25) is 0 Å². The minimum Gasteiger partial charge on any atom is -0.319 e. The van der Waals surface area contributed by atoms with Gasteiger partial charge in [0.1, 0.15) is 14.3 Å². The van der Waals surface area contributed by atoms with Crippen LogP contribution in [0.5, 0.6) is 0 Å². The Morgan fingerprint density at radius 1 is 0.464 bits per heavy atom. The molecule has 0 fully saturated rings. The van der Waals surface area contributed by atoms with Crippen LogP contribution >= 0.6 is 14.3 Å². The molecule has 0 saturated carbocycles. The molecule has 138 valence electrons. The van der Waals surface area contributed by atoms with E-state index in [2.05, 4.69) is 0 Å². The topological polar surface area (TPSA) is 224 Å². The summed E-state index contributed by atoms with van der Waals surface area (Å²) in [4.78, 5) is 0. The van der Waals surface area contributed by atoms with Gasteiger partial charge in [0, 0.05) is 12.3 Å². The highest BCUT2D eigenvalue weighted by molar-refractivity contribution is 7.67. The lowest BCUT2D eigenvalue weighted by molar-refractivity contribution is 0.565. The van der Waals surface area contributed by atoms with Crippen molar-refractivity contribution in [3.05, 3.63) is 0 Å². The fourth-order valence-electron chi connectivity index (χ4n) is 2.43. The highest BCUT2D eigenvalue weighted by Crippen LogP contribution is 2.57. The summed E-state index contributed by atoms with van der Waals surface area (Å²) in [5, 5.41) is 72.1. The van der Waals surface area contributed by atoms with Gasteiger partial charge in [0.05, 0.1) is 48.6 Å². The smallest absolute Gasteiger partial charge is 0.187 e. The third-order valence-electron chi connectivity index (χ3n) is 3.99.